The van der Waals surface area contributed by atoms with Crippen LogP contribution >= 0.6 is 0 Å². The second-order valence-electron chi connectivity index (χ2n) is 4.12. The highest BCUT2D eigenvalue weighted by molar-refractivity contribution is 7.90. The Morgan fingerprint density at radius 3 is 2.26 bits per heavy atom. The summed E-state index contributed by atoms with van der Waals surface area (Å²) in [7, 11) is -3.20. The summed E-state index contributed by atoms with van der Waals surface area (Å²) < 4.78 is 22.8. The molecular weight excluding hydrogens is 264 g/mol. The van der Waals surface area contributed by atoms with Crippen LogP contribution in [0.5, 0.6) is 0 Å². The van der Waals surface area contributed by atoms with Gasteiger partial charge in [0.1, 0.15) is 11.6 Å². The molecule has 0 amide bonds. The first kappa shape index (κ1) is 13.6. The first-order valence-electron chi connectivity index (χ1n) is 5.62. The fourth-order valence-electron chi connectivity index (χ4n) is 1.61. The van der Waals surface area contributed by atoms with E-state index in [1.807, 2.05) is 0 Å². The molecule has 0 radical (unpaired) electrons. The number of nitrogens with zero attached hydrogens (tertiary/aromatic N) is 3. The quantitative estimate of drug-likeness (QED) is 0.887. The van der Waals surface area contributed by atoms with Crippen LogP contribution in [0.25, 0.3) is 11.4 Å². The van der Waals surface area contributed by atoms with Crippen LogP contribution < -0.4 is 5.73 Å². The molecule has 1 heterocycles. The minimum Gasteiger partial charge on any atom is -0.324 e. The molecule has 0 aliphatic heterocycles. The average molecular weight is 278 g/mol. The van der Waals surface area contributed by atoms with Crippen LogP contribution in [0, 0.1) is 6.92 Å². The molecule has 0 aliphatic rings. The molecule has 0 spiro atoms. The van der Waals surface area contributed by atoms with Gasteiger partial charge in [0.15, 0.2) is 15.7 Å². The highest BCUT2D eigenvalue weighted by atomic mass is 32.2. The second kappa shape index (κ2) is 5.02. The maximum atomic E-state index is 11.4. The molecule has 19 heavy (non-hydrogen) atoms. The van der Waals surface area contributed by atoms with Crippen molar-refractivity contribution in [1.29, 1.82) is 0 Å². The van der Waals surface area contributed by atoms with E-state index in [1.54, 1.807) is 19.1 Å². The summed E-state index contributed by atoms with van der Waals surface area (Å²) in [5, 5.41) is 0. The summed E-state index contributed by atoms with van der Waals surface area (Å²) in [6.07, 6.45) is 1.17. The van der Waals surface area contributed by atoms with Crippen molar-refractivity contribution >= 4 is 9.84 Å². The van der Waals surface area contributed by atoms with Crippen molar-refractivity contribution in [2.45, 2.75) is 18.4 Å². The van der Waals surface area contributed by atoms with Gasteiger partial charge in [-0.3, -0.25) is 0 Å². The van der Waals surface area contributed by atoms with Crippen LogP contribution in [-0.2, 0) is 16.4 Å². The van der Waals surface area contributed by atoms with Crippen molar-refractivity contribution in [1.82, 2.24) is 15.0 Å². The molecule has 0 bridgehead atoms. The Balaban J connectivity index is 2.45. The number of benzene rings is 1. The largest absolute Gasteiger partial charge is 0.324 e. The Bertz CT molecular complexity index is 696. The average Bonchev–Trinajstić information content (AvgIpc) is 2.37. The topological polar surface area (TPSA) is 98.8 Å². The second-order valence-corrected chi connectivity index (χ2v) is 6.14. The zero-order valence-electron chi connectivity index (χ0n) is 10.7. The minimum atomic E-state index is -3.20. The molecule has 0 saturated carbocycles. The molecule has 1 aromatic heterocycles. The van der Waals surface area contributed by atoms with Gasteiger partial charge in [-0.1, -0.05) is 0 Å². The maximum Gasteiger partial charge on any atom is 0.175 e. The number of rotatable bonds is 3. The fourth-order valence-corrected chi connectivity index (χ4v) is 2.24. The van der Waals surface area contributed by atoms with Crippen LogP contribution in [0.3, 0.4) is 0 Å². The van der Waals surface area contributed by atoms with Gasteiger partial charge in [0, 0.05) is 11.8 Å². The van der Waals surface area contributed by atoms with E-state index in [0.29, 0.717) is 17.5 Å². The Hall–Kier alpha value is -1.86. The van der Waals surface area contributed by atoms with Crippen LogP contribution in [0.4, 0.5) is 0 Å². The van der Waals surface area contributed by atoms with Gasteiger partial charge in [-0.15, -0.1) is 0 Å². The predicted molar refractivity (Wildman–Crippen MR) is 71.0 cm³/mol. The lowest BCUT2D eigenvalue weighted by Crippen LogP contribution is -2.07. The Kier molecular flexibility index (Phi) is 3.59. The summed E-state index contributed by atoms with van der Waals surface area (Å²) in [5.74, 6) is 1.58. The molecular formula is C12H14N4O2S. The molecule has 2 aromatic rings. The Morgan fingerprint density at radius 2 is 1.74 bits per heavy atom. The fraction of sp³-hybridized carbons (Fsp3) is 0.250. The lowest BCUT2D eigenvalue weighted by molar-refractivity contribution is 0.602. The van der Waals surface area contributed by atoms with Crippen molar-refractivity contribution in [2.75, 3.05) is 6.26 Å². The van der Waals surface area contributed by atoms with Gasteiger partial charge in [-0.2, -0.15) is 0 Å². The Morgan fingerprint density at radius 1 is 1.11 bits per heavy atom. The third-order valence-electron chi connectivity index (χ3n) is 2.52. The molecule has 100 valence electrons. The molecule has 2 rings (SSSR count). The lowest BCUT2D eigenvalue weighted by Gasteiger charge is -2.04. The zero-order chi connectivity index (χ0) is 14.0. The van der Waals surface area contributed by atoms with Crippen LogP contribution in [-0.4, -0.2) is 29.6 Å². The van der Waals surface area contributed by atoms with Crippen molar-refractivity contribution < 1.29 is 8.42 Å². The molecule has 1 aromatic carbocycles. The van der Waals surface area contributed by atoms with Crippen LogP contribution in [0.15, 0.2) is 29.2 Å². The number of aromatic nitrogens is 3. The molecule has 2 N–H and O–H groups in total. The number of nitrogens with two attached hydrogens (primary N) is 1. The summed E-state index contributed by atoms with van der Waals surface area (Å²) in [4.78, 5) is 12.8. The Labute approximate surface area is 111 Å². The summed E-state index contributed by atoms with van der Waals surface area (Å²) in [6.45, 7) is 1.99. The number of hydrogen-bond acceptors (Lipinski definition) is 6. The van der Waals surface area contributed by atoms with E-state index in [2.05, 4.69) is 15.0 Å². The highest BCUT2D eigenvalue weighted by Crippen LogP contribution is 2.18. The van der Waals surface area contributed by atoms with Crippen molar-refractivity contribution in [3.8, 4) is 11.4 Å². The lowest BCUT2D eigenvalue weighted by atomic mass is 10.2. The van der Waals surface area contributed by atoms with E-state index in [1.165, 1.54) is 18.4 Å². The van der Waals surface area contributed by atoms with E-state index in [0.717, 1.165) is 5.56 Å². The van der Waals surface area contributed by atoms with E-state index in [-0.39, 0.29) is 11.4 Å². The SMILES string of the molecule is Cc1nc(CN)nc(-c2ccc(S(C)(=O)=O)cc2)n1. The van der Waals surface area contributed by atoms with E-state index < -0.39 is 9.84 Å². The van der Waals surface area contributed by atoms with E-state index in [9.17, 15) is 8.42 Å². The molecule has 0 atom stereocenters. The summed E-state index contributed by atoms with van der Waals surface area (Å²) in [5.41, 5.74) is 6.24. The number of sulfone groups is 1. The van der Waals surface area contributed by atoms with Crippen molar-refractivity contribution in [3.05, 3.63) is 35.9 Å². The molecule has 0 saturated heterocycles. The monoisotopic (exact) mass is 278 g/mol. The molecule has 0 unspecified atom stereocenters. The number of hydrogen-bond donors (Lipinski definition) is 1. The first-order chi connectivity index (χ1) is 8.90. The molecule has 6 nitrogen and oxygen atoms in total. The molecule has 7 heteroatoms. The van der Waals surface area contributed by atoms with E-state index >= 15 is 0 Å². The van der Waals surface area contributed by atoms with E-state index in [4.69, 9.17) is 5.73 Å². The van der Waals surface area contributed by atoms with Crippen molar-refractivity contribution in [3.63, 3.8) is 0 Å². The van der Waals surface area contributed by atoms with Gasteiger partial charge in [0.2, 0.25) is 0 Å². The van der Waals surface area contributed by atoms with Gasteiger partial charge in [0.25, 0.3) is 0 Å². The standard InChI is InChI=1S/C12H14N4O2S/c1-8-14-11(7-13)16-12(15-8)9-3-5-10(6-4-9)19(2,17)18/h3-6H,7,13H2,1-2H3. The highest BCUT2D eigenvalue weighted by Gasteiger charge is 2.09. The zero-order valence-corrected chi connectivity index (χ0v) is 11.5. The van der Waals surface area contributed by atoms with Gasteiger partial charge in [-0.05, 0) is 31.2 Å². The summed E-state index contributed by atoms with van der Waals surface area (Å²) >= 11 is 0. The van der Waals surface area contributed by atoms with Gasteiger partial charge in [0.05, 0.1) is 11.4 Å². The van der Waals surface area contributed by atoms with Crippen LogP contribution in [0.1, 0.15) is 11.6 Å². The summed E-state index contributed by atoms with van der Waals surface area (Å²) in [6, 6.07) is 6.41. The maximum absolute atomic E-state index is 11.4. The minimum absolute atomic E-state index is 0.234. The van der Waals surface area contributed by atoms with Gasteiger partial charge >= 0.3 is 0 Å². The first-order valence-corrected chi connectivity index (χ1v) is 7.51. The normalized spacial score (nSPS) is 11.5. The number of aryl methyl sites for hydroxylation is 1. The molecule has 0 fully saturated rings. The third kappa shape index (κ3) is 3.12. The van der Waals surface area contributed by atoms with Gasteiger partial charge < -0.3 is 5.73 Å². The van der Waals surface area contributed by atoms with Crippen LogP contribution in [0.2, 0.25) is 0 Å². The third-order valence-corrected chi connectivity index (χ3v) is 3.65. The predicted octanol–water partition coefficient (Wildman–Crippen LogP) is 0.709. The van der Waals surface area contributed by atoms with Gasteiger partial charge in [-0.25, -0.2) is 23.4 Å². The van der Waals surface area contributed by atoms with Crippen molar-refractivity contribution in [2.24, 2.45) is 5.73 Å². The smallest absolute Gasteiger partial charge is 0.175 e. The molecule has 0 aliphatic carbocycles.